The monoisotopic (exact) mass is 568 g/mol. The zero-order valence-electron chi connectivity index (χ0n) is 26.9. The first kappa shape index (κ1) is 33.2. The summed E-state index contributed by atoms with van der Waals surface area (Å²) >= 11 is 0. The molecular weight excluding hydrogens is 516 g/mol. The Kier molecular flexibility index (Phi) is 9.24. The molecule has 3 aliphatic rings. The topological polar surface area (TPSA) is 101 Å². The fourth-order valence-corrected chi connectivity index (χ4v) is 7.33. The van der Waals surface area contributed by atoms with E-state index < -0.39 is 40.0 Å². The Balaban J connectivity index is 2.46. The van der Waals surface area contributed by atoms with E-state index in [2.05, 4.69) is 12.7 Å². The highest BCUT2D eigenvalue weighted by atomic mass is 16.5. The molecule has 6 atom stereocenters. The number of Topliss-reactive ketones (excluding diaryl/α,β-unsaturated/α-hetero) is 3. The van der Waals surface area contributed by atoms with Crippen molar-refractivity contribution in [3.63, 3.8) is 0 Å². The summed E-state index contributed by atoms with van der Waals surface area (Å²) in [5, 5.41) is 21.9. The van der Waals surface area contributed by atoms with E-state index in [9.17, 15) is 19.8 Å². The van der Waals surface area contributed by atoms with Gasteiger partial charge in [0, 0.05) is 17.9 Å². The lowest BCUT2D eigenvalue weighted by molar-refractivity contribution is -0.181. The second-order valence-electron chi connectivity index (χ2n) is 14.5. The lowest BCUT2D eigenvalue weighted by Crippen LogP contribution is -2.69. The SMILES string of the molecule is C=C(C)[C@@H](O)CC[C@]1(C)[C@@H](CC=C(C)C)C[C@]2(CC=C(C)C)C(=O)C3=C(O[C@H](C(C)(C)O)C3)[C@@]1(C(=O)C(C)C)C2=O. The van der Waals surface area contributed by atoms with Crippen molar-refractivity contribution >= 4 is 17.3 Å². The molecule has 0 amide bonds. The Morgan fingerprint density at radius 1 is 1.12 bits per heavy atom. The highest BCUT2D eigenvalue weighted by Crippen LogP contribution is 2.70. The molecule has 0 saturated heterocycles. The van der Waals surface area contributed by atoms with Crippen molar-refractivity contribution < 1.29 is 29.3 Å². The minimum Gasteiger partial charge on any atom is -0.489 e. The largest absolute Gasteiger partial charge is 0.489 e. The molecule has 6 nitrogen and oxygen atoms in total. The lowest BCUT2D eigenvalue weighted by Gasteiger charge is -2.61. The summed E-state index contributed by atoms with van der Waals surface area (Å²) in [6.07, 6.45) is 4.48. The average molecular weight is 569 g/mol. The maximum absolute atomic E-state index is 15.3. The van der Waals surface area contributed by atoms with Crippen LogP contribution in [0.25, 0.3) is 0 Å². The van der Waals surface area contributed by atoms with Gasteiger partial charge in [-0.3, -0.25) is 14.4 Å². The van der Waals surface area contributed by atoms with Gasteiger partial charge in [-0.1, -0.05) is 56.2 Å². The molecule has 6 heteroatoms. The molecule has 0 radical (unpaired) electrons. The van der Waals surface area contributed by atoms with Gasteiger partial charge in [-0.25, -0.2) is 0 Å². The number of hydrogen-bond acceptors (Lipinski definition) is 6. The number of carbonyl (C=O) groups is 3. The Morgan fingerprint density at radius 3 is 2.20 bits per heavy atom. The number of rotatable bonds is 11. The summed E-state index contributed by atoms with van der Waals surface area (Å²) < 4.78 is 6.48. The van der Waals surface area contributed by atoms with Crippen LogP contribution in [0.2, 0.25) is 0 Å². The highest BCUT2D eigenvalue weighted by Gasteiger charge is 2.77. The summed E-state index contributed by atoms with van der Waals surface area (Å²) in [5.41, 5.74) is -2.26. The van der Waals surface area contributed by atoms with E-state index in [0.29, 0.717) is 36.8 Å². The lowest BCUT2D eigenvalue weighted by atomic mass is 9.38. The van der Waals surface area contributed by atoms with Gasteiger partial charge in [0.25, 0.3) is 0 Å². The van der Waals surface area contributed by atoms with Crippen molar-refractivity contribution in [3.8, 4) is 0 Å². The molecule has 2 bridgehead atoms. The van der Waals surface area contributed by atoms with Crippen LogP contribution in [0.3, 0.4) is 0 Å². The van der Waals surface area contributed by atoms with Crippen LogP contribution < -0.4 is 0 Å². The number of ether oxygens (including phenoxy) is 1. The van der Waals surface area contributed by atoms with Gasteiger partial charge < -0.3 is 14.9 Å². The number of carbonyl (C=O) groups excluding carboxylic acids is 3. The second-order valence-corrected chi connectivity index (χ2v) is 14.5. The molecule has 1 aliphatic heterocycles. The molecule has 1 saturated carbocycles. The van der Waals surface area contributed by atoms with E-state index in [1.807, 2.05) is 40.7 Å². The third-order valence-corrected chi connectivity index (χ3v) is 9.96. The number of aliphatic hydroxyl groups is 2. The molecule has 1 fully saturated rings. The number of allylic oxidation sites excluding steroid dienone is 5. The van der Waals surface area contributed by atoms with Gasteiger partial charge in [0.15, 0.2) is 22.8 Å². The smallest absolute Gasteiger partial charge is 0.176 e. The van der Waals surface area contributed by atoms with E-state index in [-0.39, 0.29) is 41.9 Å². The van der Waals surface area contributed by atoms with Crippen LogP contribution in [-0.4, -0.2) is 45.4 Å². The van der Waals surface area contributed by atoms with Crippen molar-refractivity contribution in [2.75, 3.05) is 0 Å². The number of hydrogen-bond donors (Lipinski definition) is 2. The molecule has 0 aromatic carbocycles. The first-order chi connectivity index (χ1) is 18.8. The predicted octanol–water partition coefficient (Wildman–Crippen LogP) is 6.61. The van der Waals surface area contributed by atoms with E-state index >= 15 is 4.79 Å². The maximum Gasteiger partial charge on any atom is 0.176 e. The molecule has 0 aromatic rings. The first-order valence-electron chi connectivity index (χ1n) is 15.1. The fourth-order valence-electron chi connectivity index (χ4n) is 7.33. The van der Waals surface area contributed by atoms with Gasteiger partial charge >= 0.3 is 0 Å². The molecule has 2 aliphatic carbocycles. The van der Waals surface area contributed by atoms with E-state index in [0.717, 1.165) is 11.1 Å². The molecule has 1 heterocycles. The normalized spacial score (nSPS) is 31.9. The van der Waals surface area contributed by atoms with E-state index in [1.54, 1.807) is 34.6 Å². The average Bonchev–Trinajstić information content (AvgIpc) is 3.32. The van der Waals surface area contributed by atoms with Gasteiger partial charge in [-0.15, -0.1) is 0 Å². The molecule has 228 valence electrons. The van der Waals surface area contributed by atoms with Crippen molar-refractivity contribution in [1.82, 2.24) is 0 Å². The van der Waals surface area contributed by atoms with Crippen molar-refractivity contribution in [1.29, 1.82) is 0 Å². The zero-order chi connectivity index (χ0) is 31.3. The van der Waals surface area contributed by atoms with Crippen molar-refractivity contribution in [2.45, 2.75) is 126 Å². The summed E-state index contributed by atoms with van der Waals surface area (Å²) in [7, 11) is 0. The molecule has 2 N–H and O–H groups in total. The summed E-state index contributed by atoms with van der Waals surface area (Å²) in [6.45, 7) is 22.5. The van der Waals surface area contributed by atoms with Crippen LogP contribution in [0.15, 0.2) is 46.8 Å². The quantitative estimate of drug-likeness (QED) is 0.215. The minimum absolute atomic E-state index is 0.151. The number of ketones is 3. The van der Waals surface area contributed by atoms with Gasteiger partial charge in [0.05, 0.1) is 17.1 Å². The van der Waals surface area contributed by atoms with Crippen LogP contribution >= 0.6 is 0 Å². The molecule has 3 rings (SSSR count). The van der Waals surface area contributed by atoms with Gasteiger partial charge in [0.2, 0.25) is 0 Å². The summed E-state index contributed by atoms with van der Waals surface area (Å²) in [4.78, 5) is 44.6. The molecule has 0 spiro atoms. The number of fused-ring (bicyclic) bond motifs is 3. The Labute approximate surface area is 247 Å². The summed E-state index contributed by atoms with van der Waals surface area (Å²) in [6, 6.07) is 0. The van der Waals surface area contributed by atoms with Gasteiger partial charge in [0.1, 0.15) is 11.9 Å². The van der Waals surface area contributed by atoms with Crippen LogP contribution in [0.1, 0.15) is 108 Å². The maximum atomic E-state index is 15.3. The molecular formula is C35H52O6. The zero-order valence-corrected chi connectivity index (χ0v) is 26.9. The van der Waals surface area contributed by atoms with Crippen molar-refractivity contribution in [3.05, 3.63) is 46.8 Å². The van der Waals surface area contributed by atoms with Gasteiger partial charge in [-0.2, -0.15) is 0 Å². The fraction of sp³-hybridized carbons (Fsp3) is 0.686. The standard InChI is InChI=1S/C35H52O6/c1-20(2)12-13-24-19-34(17-14-21(3)4)29(38)25-18-27(32(9,10)40)41-30(25)35(31(34)39,28(37)23(7)8)33(24,11)16-15-26(36)22(5)6/h12,14,23-24,26-27,36,40H,5,13,15-19H2,1-4,6-11H3/t24-,26-,27-,33+,34+,35-/m0/s1. The first-order valence-corrected chi connectivity index (χ1v) is 15.1. The Bertz CT molecular complexity index is 1200. The van der Waals surface area contributed by atoms with Crippen molar-refractivity contribution in [2.24, 2.45) is 28.1 Å². The van der Waals surface area contributed by atoms with Gasteiger partial charge in [-0.05, 0) is 91.9 Å². The summed E-state index contributed by atoms with van der Waals surface area (Å²) in [5.74, 6) is -1.47. The third-order valence-electron chi connectivity index (χ3n) is 9.96. The second kappa shape index (κ2) is 11.4. The van der Waals surface area contributed by atoms with E-state index in [4.69, 9.17) is 4.74 Å². The minimum atomic E-state index is -1.72. The Hall–Kier alpha value is -2.31. The Morgan fingerprint density at radius 2 is 1.71 bits per heavy atom. The predicted molar refractivity (Wildman–Crippen MR) is 162 cm³/mol. The third kappa shape index (κ3) is 5.35. The molecule has 0 unspecified atom stereocenters. The van der Waals surface area contributed by atoms with Crippen LogP contribution in [0.4, 0.5) is 0 Å². The molecule has 0 aromatic heterocycles. The van der Waals surface area contributed by atoms with E-state index in [1.165, 1.54) is 0 Å². The highest BCUT2D eigenvalue weighted by molar-refractivity contribution is 6.27. The van der Waals surface area contributed by atoms with Crippen LogP contribution in [0, 0.1) is 28.1 Å². The molecule has 41 heavy (non-hydrogen) atoms. The van der Waals surface area contributed by atoms with Crippen LogP contribution in [-0.2, 0) is 19.1 Å². The van der Waals surface area contributed by atoms with Crippen LogP contribution in [0.5, 0.6) is 0 Å². The number of aliphatic hydroxyl groups excluding tert-OH is 1.